The van der Waals surface area contributed by atoms with E-state index in [4.69, 9.17) is 5.11 Å². The molecule has 0 fully saturated rings. The lowest BCUT2D eigenvalue weighted by Crippen LogP contribution is -2.18. The largest absolute Gasteiger partial charge is 0.475 e. The number of aromatic amines is 2. The molecule has 22 nitrogen and oxygen atoms in total. The number of carboxylic acids is 1. The summed E-state index contributed by atoms with van der Waals surface area (Å²) in [6.45, 7) is 0. The summed E-state index contributed by atoms with van der Waals surface area (Å²) in [7, 11) is 4.70. The quantitative estimate of drug-likeness (QED) is 0.0743. The Bertz CT molecular complexity index is 2200. The van der Waals surface area contributed by atoms with E-state index in [1.165, 1.54) is 59.3 Å². The van der Waals surface area contributed by atoms with Crippen LogP contribution in [0.1, 0.15) is 57.5 Å². The molecule has 5 heterocycles. The number of carbonyl (C=O) groups is 7. The van der Waals surface area contributed by atoms with Crippen molar-refractivity contribution in [3.8, 4) is 0 Å². The molecular formula is C31H34N14O8. The van der Waals surface area contributed by atoms with Gasteiger partial charge in [0.1, 0.15) is 11.6 Å². The molecule has 0 aliphatic rings. The third kappa shape index (κ3) is 9.80. The summed E-state index contributed by atoms with van der Waals surface area (Å²) >= 11 is 0. The van der Waals surface area contributed by atoms with Crippen LogP contribution in [0, 0.1) is 0 Å². The van der Waals surface area contributed by atoms with Crippen LogP contribution < -0.4 is 31.9 Å². The van der Waals surface area contributed by atoms with E-state index in [0.717, 1.165) is 0 Å². The van der Waals surface area contributed by atoms with Gasteiger partial charge in [0.05, 0.1) is 11.4 Å². The Morgan fingerprint density at radius 1 is 0.604 bits per heavy atom. The fourth-order valence-corrected chi connectivity index (χ4v) is 4.79. The normalized spacial score (nSPS) is 10.7. The van der Waals surface area contributed by atoms with E-state index in [-0.39, 0.29) is 66.3 Å². The number of carbonyl (C=O) groups excluding carboxylic acids is 6. The molecule has 0 aromatic carbocycles. The molecule has 0 aliphatic carbocycles. The lowest BCUT2D eigenvalue weighted by molar-refractivity contribution is -0.121. The Labute approximate surface area is 298 Å². The minimum absolute atomic E-state index is 0.0399. The maximum absolute atomic E-state index is 12.9. The molecule has 0 radical (unpaired) electrons. The van der Waals surface area contributed by atoms with Crippen molar-refractivity contribution in [2.45, 2.75) is 25.7 Å². The lowest BCUT2D eigenvalue weighted by atomic mass is 10.3. The Balaban J connectivity index is 1.02. The number of hydrogen-bond donors (Lipinski definition) is 9. The van der Waals surface area contributed by atoms with Gasteiger partial charge in [-0.25, -0.2) is 19.7 Å². The zero-order chi connectivity index (χ0) is 38.2. The molecule has 53 heavy (non-hydrogen) atoms. The van der Waals surface area contributed by atoms with Gasteiger partial charge in [-0.05, 0) is 0 Å². The molecule has 6 amide bonds. The number of carboxylic acid groups (broad SMARTS) is 1. The SMILES string of the molecule is Cn1cc(NC(=O)CCC(=O)Nc2cc(NC(=O)c3nc(NC(=O)CCC(=O)Nc4cc(NC(=O)c5nccn5C)c[nH]4)cn3C)c[nH]2)nc1C(=O)O. The molecule has 5 aromatic heterocycles. The Hall–Kier alpha value is -7.52. The molecule has 0 saturated heterocycles. The van der Waals surface area contributed by atoms with Crippen molar-refractivity contribution in [2.75, 3.05) is 31.9 Å². The van der Waals surface area contributed by atoms with Crippen LogP contribution >= 0.6 is 0 Å². The first-order chi connectivity index (χ1) is 25.2. The number of nitrogens with one attached hydrogen (secondary N) is 8. The van der Waals surface area contributed by atoms with Crippen LogP contribution in [-0.2, 0) is 40.3 Å². The molecule has 22 heteroatoms. The average Bonchev–Trinajstić information content (AvgIpc) is 3.93. The average molecular weight is 731 g/mol. The number of nitrogens with zero attached hydrogens (tertiary/aromatic N) is 6. The highest BCUT2D eigenvalue weighted by atomic mass is 16.4. The predicted octanol–water partition coefficient (Wildman–Crippen LogP) is 1.46. The minimum Gasteiger partial charge on any atom is -0.475 e. The van der Waals surface area contributed by atoms with Gasteiger partial charge in [-0.3, -0.25) is 28.8 Å². The summed E-state index contributed by atoms with van der Waals surface area (Å²) in [4.78, 5) is 103. The molecule has 9 N–H and O–H groups in total. The molecule has 0 saturated carbocycles. The number of rotatable bonds is 15. The van der Waals surface area contributed by atoms with Gasteiger partial charge in [-0.2, -0.15) is 0 Å². The van der Waals surface area contributed by atoms with Crippen LogP contribution in [0.5, 0.6) is 0 Å². The summed E-state index contributed by atoms with van der Waals surface area (Å²) < 4.78 is 4.19. The third-order valence-corrected chi connectivity index (χ3v) is 7.29. The van der Waals surface area contributed by atoms with Gasteiger partial charge in [0.25, 0.3) is 11.8 Å². The second-order valence-corrected chi connectivity index (χ2v) is 11.5. The molecule has 0 aliphatic heterocycles. The van der Waals surface area contributed by atoms with E-state index < -0.39 is 41.4 Å². The standard InChI is InChI=1S/C31H34N14O8/c1-43-9-8-32-26(43)29(50)35-16-10-18(33-12-16)37-22(46)4-6-24(48)39-20-14-44(2)27(41-20)30(51)36-17-11-19(34-13-17)38-23(47)5-7-25(49)40-21-15-45(3)28(42-21)31(52)53/h8-15,33-34H,4-7H2,1-3H3,(H,35,50)(H,36,51)(H,37,46)(H,38,47)(H,39,48)(H,40,49)(H,52,53). The van der Waals surface area contributed by atoms with Crippen LogP contribution in [-0.4, -0.2) is 85.1 Å². The van der Waals surface area contributed by atoms with Gasteiger partial charge in [0.15, 0.2) is 17.5 Å². The maximum atomic E-state index is 12.9. The highest BCUT2D eigenvalue weighted by Crippen LogP contribution is 2.18. The van der Waals surface area contributed by atoms with Crippen molar-refractivity contribution in [3.63, 3.8) is 0 Å². The number of amides is 6. The fraction of sp³-hybridized carbons (Fsp3) is 0.226. The highest BCUT2D eigenvalue weighted by molar-refractivity contribution is 6.04. The van der Waals surface area contributed by atoms with Crippen molar-refractivity contribution in [2.24, 2.45) is 21.1 Å². The molecule has 5 rings (SSSR count). The van der Waals surface area contributed by atoms with E-state index in [2.05, 4.69) is 56.8 Å². The van der Waals surface area contributed by atoms with E-state index in [1.54, 1.807) is 24.9 Å². The minimum atomic E-state index is -1.25. The molecule has 0 atom stereocenters. The lowest BCUT2D eigenvalue weighted by Gasteiger charge is -2.04. The van der Waals surface area contributed by atoms with Crippen LogP contribution in [0.2, 0.25) is 0 Å². The van der Waals surface area contributed by atoms with Crippen molar-refractivity contribution < 1.29 is 38.7 Å². The molecule has 5 aromatic rings. The van der Waals surface area contributed by atoms with E-state index in [9.17, 15) is 33.6 Å². The number of H-pyrrole nitrogens is 2. The Kier molecular flexibility index (Phi) is 11.1. The van der Waals surface area contributed by atoms with E-state index in [1.807, 2.05) is 0 Å². The first-order valence-electron chi connectivity index (χ1n) is 15.7. The van der Waals surface area contributed by atoms with Gasteiger partial charge in [-0.15, -0.1) is 0 Å². The molecule has 276 valence electrons. The van der Waals surface area contributed by atoms with Crippen LogP contribution in [0.25, 0.3) is 0 Å². The van der Waals surface area contributed by atoms with Gasteiger partial charge in [0, 0.05) is 96.1 Å². The summed E-state index contributed by atoms with van der Waals surface area (Å²) in [5, 5.41) is 24.5. The van der Waals surface area contributed by atoms with Crippen LogP contribution in [0.15, 0.2) is 49.3 Å². The van der Waals surface area contributed by atoms with Crippen molar-refractivity contribution >= 4 is 76.1 Å². The maximum Gasteiger partial charge on any atom is 0.372 e. The van der Waals surface area contributed by atoms with Gasteiger partial charge in [-0.1, -0.05) is 0 Å². The number of imidazole rings is 3. The first kappa shape index (κ1) is 36.8. The Morgan fingerprint density at radius 2 is 1.04 bits per heavy atom. The third-order valence-electron chi connectivity index (χ3n) is 7.29. The van der Waals surface area contributed by atoms with Crippen molar-refractivity contribution in [1.82, 2.24) is 38.6 Å². The zero-order valence-electron chi connectivity index (χ0n) is 28.4. The molecule has 0 spiro atoms. The topological polar surface area (TPSA) is 297 Å². The molecular weight excluding hydrogens is 696 g/mol. The predicted molar refractivity (Wildman–Crippen MR) is 187 cm³/mol. The Morgan fingerprint density at radius 3 is 1.47 bits per heavy atom. The smallest absolute Gasteiger partial charge is 0.372 e. The highest BCUT2D eigenvalue weighted by Gasteiger charge is 2.19. The zero-order valence-corrected chi connectivity index (χ0v) is 28.4. The number of anilines is 6. The van der Waals surface area contributed by atoms with Crippen molar-refractivity contribution in [1.29, 1.82) is 0 Å². The summed E-state index contributed by atoms with van der Waals surface area (Å²) in [5.41, 5.74) is 0.694. The number of aromatic carboxylic acids is 1. The number of hydrogen-bond acceptors (Lipinski definition) is 10. The monoisotopic (exact) mass is 730 g/mol. The summed E-state index contributed by atoms with van der Waals surface area (Å²) in [6, 6.07) is 2.96. The van der Waals surface area contributed by atoms with Crippen LogP contribution in [0.3, 0.4) is 0 Å². The van der Waals surface area contributed by atoms with Crippen LogP contribution in [0.4, 0.5) is 34.6 Å². The number of aryl methyl sites for hydroxylation is 3. The molecule has 0 bridgehead atoms. The first-order valence-corrected chi connectivity index (χ1v) is 15.7. The van der Waals surface area contributed by atoms with Gasteiger partial charge < -0.3 is 60.7 Å². The van der Waals surface area contributed by atoms with Gasteiger partial charge >= 0.3 is 5.97 Å². The van der Waals surface area contributed by atoms with E-state index in [0.29, 0.717) is 11.5 Å². The summed E-state index contributed by atoms with van der Waals surface area (Å²) in [5.74, 6) is -3.75. The second-order valence-electron chi connectivity index (χ2n) is 11.5. The fourth-order valence-electron chi connectivity index (χ4n) is 4.79. The second kappa shape index (κ2) is 16.0. The summed E-state index contributed by atoms with van der Waals surface area (Å²) in [6.07, 6.45) is 8.04. The van der Waals surface area contributed by atoms with Crippen molar-refractivity contribution in [3.05, 3.63) is 66.8 Å². The molecule has 0 unspecified atom stereocenters. The number of aromatic nitrogens is 8. The van der Waals surface area contributed by atoms with E-state index >= 15 is 0 Å². The van der Waals surface area contributed by atoms with Gasteiger partial charge in [0.2, 0.25) is 35.3 Å².